The van der Waals surface area contributed by atoms with Crippen LogP contribution in [0.25, 0.3) is 0 Å². The summed E-state index contributed by atoms with van der Waals surface area (Å²) in [4.78, 5) is 2.02. The third-order valence-corrected chi connectivity index (χ3v) is 0.911. The molecule has 0 amide bonds. The van der Waals surface area contributed by atoms with E-state index < -0.39 is 0 Å². The minimum atomic E-state index is -0.132. The van der Waals surface area contributed by atoms with E-state index in [1.54, 1.807) is 0 Å². The van der Waals surface area contributed by atoms with E-state index in [2.05, 4.69) is 0 Å². The molecular formula is C6H14NNaO2. The molecule has 0 aromatic carbocycles. The van der Waals surface area contributed by atoms with E-state index in [1.165, 1.54) is 0 Å². The van der Waals surface area contributed by atoms with E-state index >= 15 is 0 Å². The molecule has 0 atom stereocenters. The number of hydrogen-bond donors (Lipinski definition) is 0. The van der Waals surface area contributed by atoms with Crippen molar-refractivity contribution in [3.63, 3.8) is 0 Å². The van der Waals surface area contributed by atoms with Gasteiger partial charge in [-0.1, -0.05) is 0 Å². The molecule has 0 N–H and O–H groups in total. The monoisotopic (exact) mass is 155 g/mol. The van der Waals surface area contributed by atoms with Gasteiger partial charge in [0.05, 0.1) is 6.61 Å². The minimum absolute atomic E-state index is 0. The molecule has 0 aliphatic carbocycles. The fourth-order valence-electron chi connectivity index (χ4n) is 0.408. The van der Waals surface area contributed by atoms with Crippen LogP contribution in [0.15, 0.2) is 0 Å². The Morgan fingerprint density at radius 2 is 1.90 bits per heavy atom. The van der Waals surface area contributed by atoms with Gasteiger partial charge < -0.3 is 14.7 Å². The molecule has 0 rings (SSSR count). The van der Waals surface area contributed by atoms with Gasteiger partial charge in [0.25, 0.3) is 0 Å². The van der Waals surface area contributed by atoms with Crippen molar-refractivity contribution in [2.24, 2.45) is 0 Å². The first-order valence-corrected chi connectivity index (χ1v) is 3.08. The van der Waals surface area contributed by atoms with Crippen molar-refractivity contribution in [2.75, 3.05) is 40.5 Å². The quantitative estimate of drug-likeness (QED) is 0.299. The minimum Gasteiger partial charge on any atom is -0.853 e. The van der Waals surface area contributed by atoms with Crippen LogP contribution in [0.5, 0.6) is 0 Å². The van der Waals surface area contributed by atoms with E-state index in [1.807, 2.05) is 19.0 Å². The molecular weight excluding hydrogens is 141 g/mol. The Morgan fingerprint density at radius 1 is 1.30 bits per heavy atom. The summed E-state index contributed by atoms with van der Waals surface area (Å²) >= 11 is 0. The van der Waals surface area contributed by atoms with E-state index in [0.29, 0.717) is 13.2 Å². The SMILES string of the molecule is CN(C)CCOCC[O-].[Na+]. The summed E-state index contributed by atoms with van der Waals surface area (Å²) in [6, 6.07) is 0. The molecule has 0 heterocycles. The maximum atomic E-state index is 9.84. The smallest absolute Gasteiger partial charge is 0.853 e. The second-order valence-corrected chi connectivity index (χ2v) is 2.12. The molecule has 0 aliphatic heterocycles. The maximum Gasteiger partial charge on any atom is 1.00 e. The first-order chi connectivity index (χ1) is 4.27. The molecule has 0 unspecified atom stereocenters. The predicted octanol–water partition coefficient (Wildman–Crippen LogP) is -4.07. The molecule has 0 aromatic heterocycles. The predicted molar refractivity (Wildman–Crippen MR) is 34.2 cm³/mol. The second kappa shape index (κ2) is 9.88. The average Bonchev–Trinajstić information content (AvgIpc) is 1.80. The zero-order valence-electron chi connectivity index (χ0n) is 7.09. The van der Waals surface area contributed by atoms with Gasteiger partial charge in [-0.3, -0.25) is 0 Å². The molecule has 0 radical (unpaired) electrons. The summed E-state index contributed by atoms with van der Waals surface area (Å²) in [6.45, 7) is 1.76. The van der Waals surface area contributed by atoms with Gasteiger partial charge in [0, 0.05) is 13.2 Å². The molecule has 4 heteroatoms. The van der Waals surface area contributed by atoms with E-state index in [0.717, 1.165) is 6.54 Å². The summed E-state index contributed by atoms with van der Waals surface area (Å²) in [5.74, 6) is 0. The normalized spacial score (nSPS) is 9.60. The van der Waals surface area contributed by atoms with Crippen LogP contribution in [0, 0.1) is 0 Å². The van der Waals surface area contributed by atoms with Crippen molar-refractivity contribution < 1.29 is 39.4 Å². The molecule has 56 valence electrons. The number of nitrogens with zero attached hydrogens (tertiary/aromatic N) is 1. The van der Waals surface area contributed by atoms with Crippen molar-refractivity contribution in [3.05, 3.63) is 0 Å². The van der Waals surface area contributed by atoms with Crippen LogP contribution in [-0.4, -0.2) is 45.4 Å². The Morgan fingerprint density at radius 3 is 2.30 bits per heavy atom. The van der Waals surface area contributed by atoms with Crippen LogP contribution >= 0.6 is 0 Å². The molecule has 0 bridgehead atoms. The van der Waals surface area contributed by atoms with Gasteiger partial charge in [-0.2, -0.15) is 0 Å². The fraction of sp³-hybridized carbons (Fsp3) is 1.00. The summed E-state index contributed by atoms with van der Waals surface area (Å²) in [6.07, 6.45) is 0. The van der Waals surface area contributed by atoms with Crippen LogP contribution in [0.2, 0.25) is 0 Å². The maximum absolute atomic E-state index is 9.84. The molecule has 0 saturated heterocycles. The van der Waals surface area contributed by atoms with Crippen LogP contribution in [0.1, 0.15) is 0 Å². The van der Waals surface area contributed by atoms with E-state index in [4.69, 9.17) is 4.74 Å². The zero-order valence-corrected chi connectivity index (χ0v) is 9.09. The molecule has 0 aliphatic rings. The van der Waals surface area contributed by atoms with Crippen LogP contribution in [0.3, 0.4) is 0 Å². The van der Waals surface area contributed by atoms with E-state index in [9.17, 15) is 5.11 Å². The largest absolute Gasteiger partial charge is 1.00 e. The van der Waals surface area contributed by atoms with Crippen molar-refractivity contribution in [1.82, 2.24) is 4.90 Å². The molecule has 0 spiro atoms. The molecule has 0 saturated carbocycles. The summed E-state index contributed by atoms with van der Waals surface area (Å²) < 4.78 is 4.94. The van der Waals surface area contributed by atoms with Gasteiger partial charge in [-0.15, -0.1) is 6.61 Å². The molecule has 3 nitrogen and oxygen atoms in total. The number of rotatable bonds is 5. The van der Waals surface area contributed by atoms with Gasteiger partial charge in [-0.05, 0) is 14.1 Å². The number of hydrogen-bond acceptors (Lipinski definition) is 3. The molecule has 10 heavy (non-hydrogen) atoms. The zero-order chi connectivity index (χ0) is 7.11. The topological polar surface area (TPSA) is 35.5 Å². The Kier molecular flexibility index (Phi) is 13.3. The molecule has 0 aromatic rings. The second-order valence-electron chi connectivity index (χ2n) is 2.12. The Balaban J connectivity index is 0. The van der Waals surface area contributed by atoms with Crippen LogP contribution in [0.4, 0.5) is 0 Å². The Bertz CT molecular complexity index is 61.7. The Hall–Kier alpha value is 0.880. The van der Waals surface area contributed by atoms with Crippen molar-refractivity contribution in [3.8, 4) is 0 Å². The van der Waals surface area contributed by atoms with Gasteiger partial charge >= 0.3 is 29.6 Å². The average molecular weight is 155 g/mol. The third kappa shape index (κ3) is 11.6. The summed E-state index contributed by atoms with van der Waals surface area (Å²) in [5.41, 5.74) is 0. The van der Waals surface area contributed by atoms with E-state index in [-0.39, 0.29) is 36.2 Å². The van der Waals surface area contributed by atoms with Crippen molar-refractivity contribution in [2.45, 2.75) is 0 Å². The van der Waals surface area contributed by atoms with Crippen LogP contribution < -0.4 is 34.7 Å². The third-order valence-electron chi connectivity index (χ3n) is 0.911. The van der Waals surface area contributed by atoms with Crippen molar-refractivity contribution in [1.29, 1.82) is 0 Å². The number of likely N-dealkylation sites (N-methyl/N-ethyl adjacent to an activating group) is 1. The van der Waals surface area contributed by atoms with Crippen molar-refractivity contribution >= 4 is 0 Å². The first kappa shape index (κ1) is 13.5. The standard InChI is InChI=1S/C6H14NO2.Na/c1-7(2)3-5-9-6-4-8;/h3-6H2,1-2H3;/q-1;+1. The number of ether oxygens (including phenoxy) is 1. The van der Waals surface area contributed by atoms with Gasteiger partial charge in [-0.25, -0.2) is 0 Å². The summed E-state index contributed by atoms with van der Waals surface area (Å²) in [7, 11) is 3.95. The first-order valence-electron chi connectivity index (χ1n) is 3.08. The fourth-order valence-corrected chi connectivity index (χ4v) is 0.408. The van der Waals surface area contributed by atoms with Gasteiger partial charge in [0.1, 0.15) is 0 Å². The van der Waals surface area contributed by atoms with Crippen LogP contribution in [-0.2, 0) is 4.74 Å². The summed E-state index contributed by atoms with van der Waals surface area (Å²) in [5, 5.41) is 9.84. The Labute approximate surface area is 84.6 Å². The van der Waals surface area contributed by atoms with Gasteiger partial charge in [0.2, 0.25) is 0 Å². The molecule has 0 fully saturated rings. The van der Waals surface area contributed by atoms with Gasteiger partial charge in [0.15, 0.2) is 0 Å².